The number of likely N-dealkylation sites (tertiary alicyclic amines) is 1. The van der Waals surface area contributed by atoms with E-state index < -0.39 is 0 Å². The number of benzene rings is 1. The highest BCUT2D eigenvalue weighted by Gasteiger charge is 2.42. The molecular weight excluding hydrogens is 266 g/mol. The van der Waals surface area contributed by atoms with Crippen LogP contribution < -0.4 is 9.47 Å². The maximum atomic E-state index is 12.5. The first kappa shape index (κ1) is 14.4. The van der Waals surface area contributed by atoms with Crippen LogP contribution in [0.25, 0.3) is 0 Å². The van der Waals surface area contributed by atoms with Gasteiger partial charge in [0.1, 0.15) is 17.1 Å². The van der Waals surface area contributed by atoms with E-state index in [9.17, 15) is 4.79 Å². The van der Waals surface area contributed by atoms with Crippen molar-refractivity contribution in [3.8, 4) is 11.5 Å². The lowest BCUT2D eigenvalue weighted by atomic mass is 9.82. The summed E-state index contributed by atoms with van der Waals surface area (Å²) in [6, 6.07) is 5.51. The van der Waals surface area contributed by atoms with Crippen molar-refractivity contribution in [2.45, 2.75) is 38.2 Å². The van der Waals surface area contributed by atoms with Crippen LogP contribution in [0.2, 0.25) is 0 Å². The Morgan fingerprint density at radius 2 is 2.10 bits per heavy atom. The fraction of sp³-hybridized carbons (Fsp3) is 0.588. The molecule has 4 nitrogen and oxygen atoms in total. The standard InChI is InChI=1S/C17H23NO3/c1-3-8-18-9-6-17(7-10-18)12-15(19)14-11-13(20-2)4-5-16(14)21-17/h4-5,11H,3,6-10,12H2,1-2H3. The molecule has 0 radical (unpaired) electrons. The van der Waals surface area contributed by atoms with Crippen molar-refractivity contribution >= 4 is 5.78 Å². The highest BCUT2D eigenvalue weighted by Crippen LogP contribution is 2.40. The first-order valence-electron chi connectivity index (χ1n) is 7.78. The van der Waals surface area contributed by atoms with Crippen LogP contribution in [-0.4, -0.2) is 43.0 Å². The van der Waals surface area contributed by atoms with Gasteiger partial charge in [0.15, 0.2) is 5.78 Å². The molecular formula is C17H23NO3. The number of hydrogen-bond acceptors (Lipinski definition) is 4. The smallest absolute Gasteiger partial charge is 0.170 e. The molecule has 0 amide bonds. The van der Waals surface area contributed by atoms with Gasteiger partial charge in [-0.05, 0) is 31.2 Å². The average molecular weight is 289 g/mol. The minimum atomic E-state index is -0.289. The predicted octanol–water partition coefficient (Wildman–Crippen LogP) is 2.91. The maximum absolute atomic E-state index is 12.5. The largest absolute Gasteiger partial charge is 0.497 e. The van der Waals surface area contributed by atoms with Crippen LogP contribution in [0, 0.1) is 0 Å². The lowest BCUT2D eigenvalue weighted by Gasteiger charge is -2.44. The first-order valence-corrected chi connectivity index (χ1v) is 7.78. The van der Waals surface area contributed by atoms with Crippen molar-refractivity contribution in [3.05, 3.63) is 23.8 Å². The summed E-state index contributed by atoms with van der Waals surface area (Å²) in [7, 11) is 1.61. The summed E-state index contributed by atoms with van der Waals surface area (Å²) < 4.78 is 11.4. The normalized spacial score (nSPS) is 21.0. The summed E-state index contributed by atoms with van der Waals surface area (Å²) >= 11 is 0. The Bertz CT molecular complexity index is 533. The number of ether oxygens (including phenoxy) is 2. The summed E-state index contributed by atoms with van der Waals surface area (Å²) in [5.41, 5.74) is 0.374. The number of rotatable bonds is 3. The van der Waals surface area contributed by atoms with Gasteiger partial charge in [0.05, 0.1) is 19.1 Å². The molecule has 0 aromatic heterocycles. The number of nitrogens with zero attached hydrogens (tertiary/aromatic N) is 1. The molecule has 0 atom stereocenters. The van der Waals surface area contributed by atoms with Crippen LogP contribution in [-0.2, 0) is 0 Å². The third-order valence-electron chi connectivity index (χ3n) is 4.60. The van der Waals surface area contributed by atoms with Gasteiger partial charge in [0, 0.05) is 25.9 Å². The summed E-state index contributed by atoms with van der Waals surface area (Å²) in [5, 5.41) is 0. The van der Waals surface area contributed by atoms with Crippen molar-refractivity contribution in [3.63, 3.8) is 0 Å². The van der Waals surface area contributed by atoms with Gasteiger partial charge in [0.25, 0.3) is 0 Å². The van der Waals surface area contributed by atoms with E-state index in [1.165, 1.54) is 6.42 Å². The third kappa shape index (κ3) is 2.77. The van der Waals surface area contributed by atoms with E-state index in [1.807, 2.05) is 12.1 Å². The van der Waals surface area contributed by atoms with Crippen molar-refractivity contribution < 1.29 is 14.3 Å². The highest BCUT2D eigenvalue weighted by molar-refractivity contribution is 6.00. The first-order chi connectivity index (χ1) is 10.2. The molecule has 2 aliphatic rings. The van der Waals surface area contributed by atoms with E-state index in [1.54, 1.807) is 13.2 Å². The molecule has 1 aromatic carbocycles. The molecule has 0 aliphatic carbocycles. The van der Waals surface area contributed by atoms with E-state index in [0.717, 1.165) is 38.2 Å². The molecule has 2 aliphatic heterocycles. The Balaban J connectivity index is 1.78. The van der Waals surface area contributed by atoms with Crippen LogP contribution >= 0.6 is 0 Å². The highest BCUT2D eigenvalue weighted by atomic mass is 16.5. The second-order valence-corrected chi connectivity index (χ2v) is 6.09. The van der Waals surface area contributed by atoms with Crippen molar-refractivity contribution in [1.29, 1.82) is 0 Å². The van der Waals surface area contributed by atoms with Crippen molar-refractivity contribution in [2.75, 3.05) is 26.7 Å². The summed E-state index contributed by atoms with van der Waals surface area (Å²) in [6.45, 7) is 5.38. The Labute approximate surface area is 126 Å². The Morgan fingerprint density at radius 1 is 1.33 bits per heavy atom. The molecule has 114 valence electrons. The van der Waals surface area contributed by atoms with Gasteiger partial charge < -0.3 is 14.4 Å². The molecule has 0 N–H and O–H groups in total. The number of carbonyl (C=O) groups excluding carboxylic acids is 1. The van der Waals surface area contributed by atoms with Crippen molar-refractivity contribution in [2.24, 2.45) is 0 Å². The minimum absolute atomic E-state index is 0.180. The van der Waals surface area contributed by atoms with Gasteiger partial charge in [-0.1, -0.05) is 6.92 Å². The van der Waals surface area contributed by atoms with Crippen LogP contribution in [0.4, 0.5) is 0 Å². The van der Waals surface area contributed by atoms with E-state index >= 15 is 0 Å². The van der Waals surface area contributed by atoms with E-state index in [2.05, 4.69) is 11.8 Å². The lowest BCUT2D eigenvalue weighted by Crippen LogP contribution is -2.51. The Morgan fingerprint density at radius 3 is 2.76 bits per heavy atom. The quantitative estimate of drug-likeness (QED) is 0.857. The summed E-state index contributed by atoms with van der Waals surface area (Å²) in [6.07, 6.45) is 3.54. The molecule has 0 unspecified atom stereocenters. The Hall–Kier alpha value is -1.55. The number of piperidine rings is 1. The van der Waals surface area contributed by atoms with Crippen LogP contribution in [0.15, 0.2) is 18.2 Å². The predicted molar refractivity (Wildman–Crippen MR) is 81.3 cm³/mol. The number of Topliss-reactive ketones (excluding diaryl/α,β-unsaturated/α-hetero) is 1. The van der Waals surface area contributed by atoms with Crippen LogP contribution in [0.3, 0.4) is 0 Å². The minimum Gasteiger partial charge on any atom is -0.497 e. The number of methoxy groups -OCH3 is 1. The van der Waals surface area contributed by atoms with Crippen molar-refractivity contribution in [1.82, 2.24) is 4.90 Å². The summed E-state index contributed by atoms with van der Waals surface area (Å²) in [4.78, 5) is 14.9. The van der Waals surface area contributed by atoms with Gasteiger partial charge in [-0.25, -0.2) is 0 Å². The average Bonchev–Trinajstić information content (AvgIpc) is 2.50. The second-order valence-electron chi connectivity index (χ2n) is 6.09. The fourth-order valence-corrected chi connectivity index (χ4v) is 3.38. The molecule has 3 rings (SSSR count). The summed E-state index contributed by atoms with van der Waals surface area (Å²) in [5.74, 6) is 1.61. The number of hydrogen-bond donors (Lipinski definition) is 0. The molecule has 1 spiro atoms. The SMILES string of the molecule is CCCN1CCC2(CC1)CC(=O)c1cc(OC)ccc1O2. The van der Waals surface area contributed by atoms with Crippen LogP contribution in [0.5, 0.6) is 11.5 Å². The third-order valence-corrected chi connectivity index (χ3v) is 4.60. The zero-order valence-electron chi connectivity index (χ0n) is 12.9. The van der Waals surface area contributed by atoms with Crippen LogP contribution in [0.1, 0.15) is 43.0 Å². The molecule has 0 bridgehead atoms. The molecule has 4 heteroatoms. The van der Waals surface area contributed by atoms with Gasteiger partial charge >= 0.3 is 0 Å². The molecule has 1 fully saturated rings. The van der Waals surface area contributed by atoms with E-state index in [0.29, 0.717) is 17.7 Å². The fourth-order valence-electron chi connectivity index (χ4n) is 3.38. The monoisotopic (exact) mass is 289 g/mol. The number of carbonyl (C=O) groups is 1. The second kappa shape index (κ2) is 5.68. The molecule has 1 saturated heterocycles. The molecule has 0 saturated carbocycles. The van der Waals surface area contributed by atoms with Gasteiger partial charge in [-0.2, -0.15) is 0 Å². The zero-order chi connectivity index (χ0) is 14.9. The van der Waals surface area contributed by atoms with E-state index in [-0.39, 0.29) is 11.4 Å². The number of ketones is 1. The molecule has 21 heavy (non-hydrogen) atoms. The van der Waals surface area contributed by atoms with E-state index in [4.69, 9.17) is 9.47 Å². The topological polar surface area (TPSA) is 38.8 Å². The van der Waals surface area contributed by atoms with Gasteiger partial charge in [0.2, 0.25) is 0 Å². The van der Waals surface area contributed by atoms with Gasteiger partial charge in [-0.3, -0.25) is 4.79 Å². The van der Waals surface area contributed by atoms with Gasteiger partial charge in [-0.15, -0.1) is 0 Å². The molecule has 2 heterocycles. The maximum Gasteiger partial charge on any atom is 0.170 e. The molecule has 1 aromatic rings. The Kier molecular flexibility index (Phi) is 3.89. The zero-order valence-corrected chi connectivity index (χ0v) is 12.9. The lowest BCUT2D eigenvalue weighted by molar-refractivity contribution is -0.00892. The number of fused-ring (bicyclic) bond motifs is 1.